The zero-order valence-corrected chi connectivity index (χ0v) is 11.5. The van der Waals surface area contributed by atoms with E-state index in [1.807, 2.05) is 30.3 Å². The SMILES string of the molecule is NCC(CSc1ncccc1Cl)c1ccccc1. The third-order valence-electron chi connectivity index (χ3n) is 2.70. The minimum atomic E-state index is 0.328. The first-order valence-electron chi connectivity index (χ1n) is 5.79. The molecule has 18 heavy (non-hydrogen) atoms. The Bertz CT molecular complexity index is 490. The number of pyridine rings is 1. The molecule has 2 rings (SSSR count). The molecule has 0 bridgehead atoms. The Labute approximate surface area is 117 Å². The monoisotopic (exact) mass is 278 g/mol. The molecule has 0 radical (unpaired) electrons. The summed E-state index contributed by atoms with van der Waals surface area (Å²) in [6.07, 6.45) is 1.76. The number of aromatic nitrogens is 1. The van der Waals surface area contributed by atoms with Crippen LogP contribution in [0.15, 0.2) is 53.7 Å². The molecule has 1 unspecified atom stereocenters. The van der Waals surface area contributed by atoms with Gasteiger partial charge in [0.25, 0.3) is 0 Å². The van der Waals surface area contributed by atoms with E-state index in [2.05, 4.69) is 17.1 Å². The third-order valence-corrected chi connectivity index (χ3v) is 4.29. The predicted molar refractivity (Wildman–Crippen MR) is 78.2 cm³/mol. The molecule has 0 spiro atoms. The average Bonchev–Trinajstić information content (AvgIpc) is 2.42. The van der Waals surface area contributed by atoms with E-state index in [0.29, 0.717) is 17.5 Å². The number of nitrogens with two attached hydrogens (primary N) is 1. The van der Waals surface area contributed by atoms with E-state index in [-0.39, 0.29) is 0 Å². The predicted octanol–water partition coefficient (Wildman–Crippen LogP) is 3.57. The fourth-order valence-electron chi connectivity index (χ4n) is 1.68. The van der Waals surface area contributed by atoms with Crippen molar-refractivity contribution in [1.29, 1.82) is 0 Å². The standard InChI is InChI=1S/C14H15ClN2S/c15-13-7-4-8-17-14(13)18-10-12(9-16)11-5-2-1-3-6-11/h1-8,12H,9-10,16H2. The van der Waals surface area contributed by atoms with E-state index >= 15 is 0 Å². The van der Waals surface area contributed by atoms with Crippen LogP contribution in [0.1, 0.15) is 11.5 Å². The van der Waals surface area contributed by atoms with E-state index in [9.17, 15) is 0 Å². The second kappa shape index (κ2) is 6.78. The van der Waals surface area contributed by atoms with Gasteiger partial charge in [-0.1, -0.05) is 41.9 Å². The molecule has 2 aromatic rings. The molecule has 1 aromatic heterocycles. The first-order chi connectivity index (χ1) is 8.81. The Hall–Kier alpha value is -1.03. The van der Waals surface area contributed by atoms with E-state index in [1.54, 1.807) is 18.0 Å². The summed E-state index contributed by atoms with van der Waals surface area (Å²) in [7, 11) is 0. The van der Waals surface area contributed by atoms with E-state index in [0.717, 1.165) is 10.8 Å². The Morgan fingerprint density at radius 2 is 1.94 bits per heavy atom. The largest absolute Gasteiger partial charge is 0.330 e. The molecule has 0 saturated heterocycles. The highest BCUT2D eigenvalue weighted by atomic mass is 35.5. The van der Waals surface area contributed by atoms with Crippen LogP contribution < -0.4 is 5.73 Å². The smallest absolute Gasteiger partial charge is 0.115 e. The van der Waals surface area contributed by atoms with Gasteiger partial charge in [-0.05, 0) is 24.2 Å². The highest BCUT2D eigenvalue weighted by molar-refractivity contribution is 7.99. The molecule has 0 aliphatic carbocycles. The Morgan fingerprint density at radius 1 is 1.17 bits per heavy atom. The quantitative estimate of drug-likeness (QED) is 0.850. The maximum absolute atomic E-state index is 6.08. The van der Waals surface area contributed by atoms with Crippen molar-refractivity contribution in [2.75, 3.05) is 12.3 Å². The van der Waals surface area contributed by atoms with Gasteiger partial charge in [-0.15, -0.1) is 11.8 Å². The van der Waals surface area contributed by atoms with Crippen LogP contribution in [0, 0.1) is 0 Å². The molecule has 1 atom stereocenters. The number of thioether (sulfide) groups is 1. The molecule has 2 nitrogen and oxygen atoms in total. The Balaban J connectivity index is 2.02. The normalized spacial score (nSPS) is 12.3. The molecular weight excluding hydrogens is 264 g/mol. The second-order valence-corrected chi connectivity index (χ2v) is 5.36. The lowest BCUT2D eigenvalue weighted by atomic mass is 10.0. The first kappa shape index (κ1) is 13.4. The molecule has 1 heterocycles. The molecule has 2 N–H and O–H groups in total. The van der Waals surface area contributed by atoms with Crippen LogP contribution in [0.2, 0.25) is 5.02 Å². The van der Waals surface area contributed by atoms with Crippen LogP contribution in [0.4, 0.5) is 0 Å². The van der Waals surface area contributed by atoms with Crippen molar-refractivity contribution in [2.45, 2.75) is 10.9 Å². The summed E-state index contributed by atoms with van der Waals surface area (Å²) in [6, 6.07) is 14.0. The summed E-state index contributed by atoms with van der Waals surface area (Å²) in [5.74, 6) is 1.21. The summed E-state index contributed by atoms with van der Waals surface area (Å²) in [5, 5.41) is 1.57. The number of halogens is 1. The van der Waals surface area contributed by atoms with Crippen molar-refractivity contribution in [3.05, 3.63) is 59.2 Å². The highest BCUT2D eigenvalue weighted by Crippen LogP contribution is 2.28. The summed E-state index contributed by atoms with van der Waals surface area (Å²) in [5.41, 5.74) is 7.10. The molecule has 4 heteroatoms. The number of nitrogens with zero attached hydrogens (tertiary/aromatic N) is 1. The summed E-state index contributed by atoms with van der Waals surface area (Å²) in [4.78, 5) is 4.27. The van der Waals surface area contributed by atoms with Crippen LogP contribution >= 0.6 is 23.4 Å². The second-order valence-electron chi connectivity index (χ2n) is 3.94. The van der Waals surface area contributed by atoms with Gasteiger partial charge in [-0.3, -0.25) is 0 Å². The van der Waals surface area contributed by atoms with Gasteiger partial charge in [0, 0.05) is 17.9 Å². The minimum Gasteiger partial charge on any atom is -0.330 e. The Morgan fingerprint density at radius 3 is 2.61 bits per heavy atom. The van der Waals surface area contributed by atoms with Gasteiger partial charge < -0.3 is 5.73 Å². The molecule has 0 saturated carbocycles. The van der Waals surface area contributed by atoms with Crippen LogP contribution in [-0.4, -0.2) is 17.3 Å². The zero-order valence-electron chi connectivity index (χ0n) is 9.92. The Kier molecular flexibility index (Phi) is 5.05. The number of hydrogen-bond acceptors (Lipinski definition) is 3. The maximum Gasteiger partial charge on any atom is 0.115 e. The third kappa shape index (κ3) is 3.48. The van der Waals surface area contributed by atoms with Crippen molar-refractivity contribution >= 4 is 23.4 Å². The van der Waals surface area contributed by atoms with Crippen LogP contribution in [0.5, 0.6) is 0 Å². The molecule has 0 amide bonds. The fourth-order valence-corrected chi connectivity index (χ4v) is 3.00. The molecule has 0 fully saturated rings. The lowest BCUT2D eigenvalue weighted by molar-refractivity contribution is 0.784. The number of rotatable bonds is 5. The molecular formula is C14H15ClN2S. The fraction of sp³-hybridized carbons (Fsp3) is 0.214. The van der Waals surface area contributed by atoms with Crippen molar-refractivity contribution in [1.82, 2.24) is 4.98 Å². The summed E-state index contributed by atoms with van der Waals surface area (Å²) >= 11 is 7.73. The van der Waals surface area contributed by atoms with Gasteiger partial charge in [-0.2, -0.15) is 0 Å². The van der Waals surface area contributed by atoms with Crippen molar-refractivity contribution in [2.24, 2.45) is 5.73 Å². The van der Waals surface area contributed by atoms with Crippen molar-refractivity contribution in [3.8, 4) is 0 Å². The maximum atomic E-state index is 6.08. The van der Waals surface area contributed by atoms with Crippen molar-refractivity contribution in [3.63, 3.8) is 0 Å². The van der Waals surface area contributed by atoms with Crippen LogP contribution in [0.25, 0.3) is 0 Å². The van der Waals surface area contributed by atoms with Gasteiger partial charge >= 0.3 is 0 Å². The van der Waals surface area contributed by atoms with Gasteiger partial charge in [0.1, 0.15) is 5.03 Å². The first-order valence-corrected chi connectivity index (χ1v) is 7.16. The van der Waals surface area contributed by atoms with E-state index < -0.39 is 0 Å². The summed E-state index contributed by atoms with van der Waals surface area (Å²) in [6.45, 7) is 0.626. The molecule has 0 aliphatic rings. The van der Waals surface area contributed by atoms with Crippen LogP contribution in [-0.2, 0) is 0 Å². The van der Waals surface area contributed by atoms with E-state index in [1.165, 1.54) is 5.56 Å². The molecule has 94 valence electrons. The molecule has 0 aliphatic heterocycles. The number of benzene rings is 1. The van der Waals surface area contributed by atoms with Gasteiger partial charge in [-0.25, -0.2) is 4.98 Å². The lowest BCUT2D eigenvalue weighted by Gasteiger charge is -2.14. The average molecular weight is 279 g/mol. The van der Waals surface area contributed by atoms with Crippen molar-refractivity contribution < 1.29 is 0 Å². The van der Waals surface area contributed by atoms with Gasteiger partial charge in [0.15, 0.2) is 0 Å². The number of hydrogen-bond donors (Lipinski definition) is 1. The van der Waals surface area contributed by atoms with Crippen LogP contribution in [0.3, 0.4) is 0 Å². The highest BCUT2D eigenvalue weighted by Gasteiger charge is 2.11. The zero-order chi connectivity index (χ0) is 12.8. The molecule has 1 aromatic carbocycles. The van der Waals surface area contributed by atoms with Gasteiger partial charge in [0.05, 0.1) is 5.02 Å². The van der Waals surface area contributed by atoms with E-state index in [4.69, 9.17) is 17.3 Å². The topological polar surface area (TPSA) is 38.9 Å². The summed E-state index contributed by atoms with van der Waals surface area (Å²) < 4.78 is 0. The van der Waals surface area contributed by atoms with Gasteiger partial charge in [0.2, 0.25) is 0 Å². The minimum absolute atomic E-state index is 0.328. The lowest BCUT2D eigenvalue weighted by Crippen LogP contribution is -2.14.